The van der Waals surface area contributed by atoms with Gasteiger partial charge in [-0.1, -0.05) is 23.9 Å². The van der Waals surface area contributed by atoms with Gasteiger partial charge in [-0.05, 0) is 32.2 Å². The van der Waals surface area contributed by atoms with Crippen molar-refractivity contribution in [1.82, 2.24) is 9.80 Å². The van der Waals surface area contributed by atoms with Gasteiger partial charge in [0.15, 0.2) is 16.7 Å². The van der Waals surface area contributed by atoms with Crippen LogP contribution < -0.4 is 9.47 Å². The van der Waals surface area contributed by atoms with E-state index in [1.807, 2.05) is 41.2 Å². The van der Waals surface area contributed by atoms with Crippen molar-refractivity contribution < 1.29 is 28.5 Å². The summed E-state index contributed by atoms with van der Waals surface area (Å²) in [5.74, 6) is 0.617. The number of allylic oxidation sites excluding steroid dienone is 1. The molecule has 3 heterocycles. The zero-order valence-corrected chi connectivity index (χ0v) is 21.5. The molecule has 188 valence electrons. The van der Waals surface area contributed by atoms with Crippen LogP contribution in [-0.4, -0.2) is 73.5 Å². The molecule has 0 unspecified atom stereocenters. The number of aliphatic imine (C=N–C) groups is 1. The second kappa shape index (κ2) is 10.7. The largest absolute Gasteiger partial charge is 0.493 e. The Morgan fingerprint density at radius 2 is 1.94 bits per heavy atom. The van der Waals surface area contributed by atoms with Gasteiger partial charge in [0.2, 0.25) is 5.91 Å². The van der Waals surface area contributed by atoms with Crippen LogP contribution in [0.25, 0.3) is 0 Å². The first-order valence-corrected chi connectivity index (χ1v) is 12.5. The maximum atomic E-state index is 13.4. The smallest absolute Gasteiger partial charge is 0.338 e. The van der Waals surface area contributed by atoms with Crippen molar-refractivity contribution in [1.29, 1.82) is 0 Å². The van der Waals surface area contributed by atoms with Crippen molar-refractivity contribution in [2.75, 3.05) is 40.5 Å². The Morgan fingerprint density at radius 3 is 2.60 bits per heavy atom. The van der Waals surface area contributed by atoms with Gasteiger partial charge in [0, 0.05) is 24.4 Å². The van der Waals surface area contributed by atoms with Crippen LogP contribution in [0.1, 0.15) is 38.8 Å². The molecule has 3 aliphatic rings. The molecule has 0 saturated carbocycles. The minimum Gasteiger partial charge on any atom is -0.493 e. The maximum Gasteiger partial charge on any atom is 0.338 e. The summed E-state index contributed by atoms with van der Waals surface area (Å²) < 4.78 is 22.3. The van der Waals surface area contributed by atoms with Gasteiger partial charge >= 0.3 is 5.97 Å². The fraction of sp³-hybridized carbons (Fsp3) is 0.480. The van der Waals surface area contributed by atoms with Crippen molar-refractivity contribution in [2.24, 2.45) is 4.99 Å². The number of carbonyl (C=O) groups is 2. The van der Waals surface area contributed by atoms with Crippen molar-refractivity contribution in [3.8, 4) is 11.5 Å². The molecule has 35 heavy (non-hydrogen) atoms. The Hall–Kier alpha value is -2.98. The molecule has 0 spiro atoms. The van der Waals surface area contributed by atoms with E-state index >= 15 is 0 Å². The zero-order valence-electron chi connectivity index (χ0n) is 20.7. The van der Waals surface area contributed by atoms with Crippen molar-refractivity contribution in [3.05, 3.63) is 46.1 Å². The highest BCUT2D eigenvalue weighted by atomic mass is 32.2. The summed E-state index contributed by atoms with van der Waals surface area (Å²) in [5, 5.41) is 2.63. The highest BCUT2D eigenvalue weighted by molar-refractivity contribution is 8.16. The molecule has 4 rings (SSSR count). The highest BCUT2D eigenvalue weighted by Gasteiger charge is 2.43. The Labute approximate surface area is 209 Å². The van der Waals surface area contributed by atoms with E-state index in [4.69, 9.17) is 23.9 Å². The van der Waals surface area contributed by atoms with E-state index in [9.17, 15) is 9.59 Å². The summed E-state index contributed by atoms with van der Waals surface area (Å²) in [6.45, 7) is 7.63. The second-order valence-corrected chi connectivity index (χ2v) is 9.44. The number of thioether (sulfide) groups is 1. The number of hydrogen-bond donors (Lipinski definition) is 0. The lowest BCUT2D eigenvalue weighted by molar-refractivity contribution is -0.143. The zero-order chi connectivity index (χ0) is 25.1. The summed E-state index contributed by atoms with van der Waals surface area (Å²) in [5.41, 5.74) is 2.46. The summed E-state index contributed by atoms with van der Waals surface area (Å²) in [7, 11) is 3.14. The maximum absolute atomic E-state index is 13.4. The topological polar surface area (TPSA) is 89.9 Å². The van der Waals surface area contributed by atoms with Crippen molar-refractivity contribution in [2.45, 2.75) is 39.3 Å². The van der Waals surface area contributed by atoms with Gasteiger partial charge in [-0.2, -0.15) is 0 Å². The van der Waals surface area contributed by atoms with Crippen LogP contribution in [0.4, 0.5) is 0 Å². The third kappa shape index (κ3) is 5.04. The van der Waals surface area contributed by atoms with E-state index in [1.54, 1.807) is 27.2 Å². The minimum atomic E-state index is -0.600. The first-order valence-electron chi connectivity index (χ1n) is 11.6. The molecule has 1 amide bonds. The first kappa shape index (κ1) is 25.1. The molecular weight excluding hydrogens is 470 g/mol. The molecule has 1 aromatic carbocycles. The number of benzene rings is 1. The minimum absolute atomic E-state index is 0.00957. The third-order valence-electron chi connectivity index (χ3n) is 5.99. The average Bonchev–Trinajstić information content (AvgIpc) is 3.24. The monoisotopic (exact) mass is 501 g/mol. The van der Waals surface area contributed by atoms with Crippen LogP contribution in [0.3, 0.4) is 0 Å². The molecule has 0 radical (unpaired) electrons. The number of ether oxygens (including phenoxy) is 4. The van der Waals surface area contributed by atoms with Crippen LogP contribution in [0.5, 0.6) is 11.5 Å². The van der Waals surface area contributed by atoms with Crippen LogP contribution in [0.2, 0.25) is 0 Å². The lowest BCUT2D eigenvalue weighted by atomic mass is 9.92. The molecule has 0 aromatic heterocycles. The van der Waals surface area contributed by atoms with E-state index in [0.29, 0.717) is 54.2 Å². The number of amides is 1. The van der Waals surface area contributed by atoms with E-state index in [-0.39, 0.29) is 18.4 Å². The standard InChI is InChI=1S/C25H31N3O6S/c1-15(2)34-24(30)21-16(3)26-25-28(22(21)18-7-6-8-19(31-4)23(18)32-5)17(14-35-25)13-20(29)27-9-11-33-12-10-27/h6-8,14-15,22H,9-13H2,1-5H3/t22-/m1/s1. The van der Waals surface area contributed by atoms with E-state index in [2.05, 4.69) is 0 Å². The number of carbonyl (C=O) groups excluding carboxylic acids is 2. The summed E-state index contributed by atoms with van der Waals surface area (Å²) >= 11 is 1.44. The Balaban J connectivity index is 1.78. The molecule has 9 nitrogen and oxygen atoms in total. The number of esters is 1. The number of nitrogens with zero attached hydrogens (tertiary/aromatic N) is 3. The number of rotatable bonds is 7. The number of morpholine rings is 1. The number of methoxy groups -OCH3 is 2. The Morgan fingerprint density at radius 1 is 1.20 bits per heavy atom. The number of para-hydroxylation sites is 1. The molecule has 1 saturated heterocycles. The highest BCUT2D eigenvalue weighted by Crippen LogP contribution is 2.48. The molecule has 1 atom stereocenters. The lowest BCUT2D eigenvalue weighted by Gasteiger charge is -2.37. The van der Waals surface area contributed by atoms with Gasteiger partial charge in [0.1, 0.15) is 0 Å². The predicted molar refractivity (Wildman–Crippen MR) is 133 cm³/mol. The van der Waals surface area contributed by atoms with Crippen molar-refractivity contribution in [3.63, 3.8) is 0 Å². The Kier molecular flexibility index (Phi) is 7.71. The molecule has 0 bridgehead atoms. The van der Waals surface area contributed by atoms with Crippen LogP contribution in [0.15, 0.2) is 45.6 Å². The lowest BCUT2D eigenvalue weighted by Crippen LogP contribution is -2.42. The second-order valence-electron chi connectivity index (χ2n) is 8.60. The molecule has 1 fully saturated rings. The van der Waals surface area contributed by atoms with Crippen LogP contribution in [-0.2, 0) is 19.1 Å². The third-order valence-corrected chi connectivity index (χ3v) is 6.88. The van der Waals surface area contributed by atoms with Gasteiger partial charge in [0.05, 0.1) is 57.3 Å². The van der Waals surface area contributed by atoms with Crippen LogP contribution >= 0.6 is 11.8 Å². The van der Waals surface area contributed by atoms with Gasteiger partial charge < -0.3 is 28.7 Å². The molecule has 1 aromatic rings. The predicted octanol–water partition coefficient (Wildman–Crippen LogP) is 3.48. The molecule has 10 heteroatoms. The van der Waals surface area contributed by atoms with Crippen molar-refractivity contribution >= 4 is 28.8 Å². The summed E-state index contributed by atoms with van der Waals surface area (Å²) in [4.78, 5) is 35.0. The average molecular weight is 502 g/mol. The molecule has 3 aliphatic heterocycles. The van der Waals surface area contributed by atoms with Gasteiger partial charge in [-0.15, -0.1) is 0 Å². The van der Waals surface area contributed by atoms with E-state index in [1.165, 1.54) is 11.8 Å². The number of fused-ring (bicyclic) bond motifs is 1. The first-order chi connectivity index (χ1) is 16.8. The molecule has 0 aliphatic carbocycles. The van der Waals surface area contributed by atoms with Gasteiger partial charge in [0.25, 0.3) is 0 Å². The fourth-order valence-corrected chi connectivity index (χ4v) is 5.37. The SMILES string of the molecule is COc1cccc([C@@H]2C(C(=O)OC(C)C)=C(C)N=C3SC=C(CC(=O)N4CCOCC4)N32)c1OC. The molecular formula is C25H31N3O6S. The number of hydrogen-bond acceptors (Lipinski definition) is 9. The fourth-order valence-electron chi connectivity index (χ4n) is 4.41. The summed E-state index contributed by atoms with van der Waals surface area (Å²) in [6, 6.07) is 4.96. The van der Waals surface area contributed by atoms with E-state index < -0.39 is 12.0 Å². The van der Waals surface area contributed by atoms with Crippen LogP contribution in [0, 0.1) is 0 Å². The van der Waals surface area contributed by atoms with Gasteiger partial charge in [-0.3, -0.25) is 4.79 Å². The van der Waals surface area contributed by atoms with Gasteiger partial charge in [-0.25, -0.2) is 9.79 Å². The normalized spacial score (nSPS) is 19.9. The summed E-state index contributed by atoms with van der Waals surface area (Å²) in [6.07, 6.45) is -0.118. The van der Waals surface area contributed by atoms with E-state index in [0.717, 1.165) is 11.3 Å². The number of amidine groups is 1. The Bertz CT molecular complexity index is 1090. The quantitative estimate of drug-likeness (QED) is 0.525. The molecule has 0 N–H and O–H groups in total.